The SMILES string of the molecule is N#CCNC(=O)Cc1nnc(Cc2nc3ccc(-c4ccc(Cl)cc4)nc3s2)o1. The highest BCUT2D eigenvalue weighted by atomic mass is 35.5. The Labute approximate surface area is 174 Å². The zero-order chi connectivity index (χ0) is 20.2. The smallest absolute Gasteiger partial charge is 0.230 e. The van der Waals surface area contributed by atoms with E-state index in [9.17, 15) is 4.79 Å². The number of aromatic nitrogens is 4. The van der Waals surface area contributed by atoms with Crippen LogP contribution in [-0.4, -0.2) is 32.6 Å². The van der Waals surface area contributed by atoms with Crippen LogP contribution in [0.5, 0.6) is 0 Å². The molecule has 0 bridgehead atoms. The van der Waals surface area contributed by atoms with Gasteiger partial charge in [-0.25, -0.2) is 9.97 Å². The van der Waals surface area contributed by atoms with Crippen molar-refractivity contribution in [2.45, 2.75) is 12.8 Å². The predicted octanol–water partition coefficient (Wildman–Crippen LogP) is 3.17. The monoisotopic (exact) mass is 424 g/mol. The third-order valence-corrected chi connectivity index (χ3v) is 5.14. The second kappa shape index (κ2) is 8.34. The Morgan fingerprint density at radius 1 is 1.14 bits per heavy atom. The van der Waals surface area contributed by atoms with Gasteiger partial charge in [-0.05, 0) is 24.3 Å². The molecule has 0 aliphatic heterocycles. The van der Waals surface area contributed by atoms with E-state index in [0.717, 1.165) is 26.6 Å². The lowest BCUT2D eigenvalue weighted by Gasteiger charge is -2.00. The maximum Gasteiger partial charge on any atom is 0.230 e. The molecule has 1 aromatic carbocycles. The van der Waals surface area contributed by atoms with Crippen molar-refractivity contribution in [2.24, 2.45) is 0 Å². The van der Waals surface area contributed by atoms with Gasteiger partial charge >= 0.3 is 0 Å². The molecule has 0 saturated carbocycles. The quantitative estimate of drug-likeness (QED) is 0.472. The second-order valence-corrected chi connectivity index (χ2v) is 7.51. The summed E-state index contributed by atoms with van der Waals surface area (Å²) in [6, 6.07) is 13.2. The number of rotatable bonds is 6. The summed E-state index contributed by atoms with van der Waals surface area (Å²) < 4.78 is 5.51. The summed E-state index contributed by atoms with van der Waals surface area (Å²) in [7, 11) is 0. The van der Waals surface area contributed by atoms with Crippen molar-refractivity contribution in [1.29, 1.82) is 5.26 Å². The standard InChI is InChI=1S/C19H13ClN6O2S/c20-12-3-1-11(2-4-12)13-5-6-14-19(24-13)29-18(23-14)10-17-26-25-16(28-17)9-15(27)22-8-7-21/h1-6H,8-10H2,(H,22,27). The molecule has 29 heavy (non-hydrogen) atoms. The molecule has 0 aliphatic carbocycles. The van der Waals surface area contributed by atoms with Crippen LogP contribution in [-0.2, 0) is 17.6 Å². The number of amides is 1. The van der Waals surface area contributed by atoms with Crippen molar-refractivity contribution < 1.29 is 9.21 Å². The van der Waals surface area contributed by atoms with E-state index in [1.165, 1.54) is 11.3 Å². The van der Waals surface area contributed by atoms with Gasteiger partial charge in [0.15, 0.2) is 0 Å². The third kappa shape index (κ3) is 4.56. The molecule has 4 aromatic rings. The Bertz CT molecular complexity index is 1210. The summed E-state index contributed by atoms with van der Waals surface area (Å²) in [6.45, 7) is -0.0590. The third-order valence-electron chi connectivity index (χ3n) is 3.93. The Hall–Kier alpha value is -3.35. The molecule has 1 N–H and O–H groups in total. The van der Waals surface area contributed by atoms with Gasteiger partial charge in [0.1, 0.15) is 28.3 Å². The van der Waals surface area contributed by atoms with Gasteiger partial charge in [0.2, 0.25) is 17.7 Å². The predicted molar refractivity (Wildman–Crippen MR) is 107 cm³/mol. The number of nitrogens with zero attached hydrogens (tertiary/aromatic N) is 5. The Morgan fingerprint density at radius 3 is 2.72 bits per heavy atom. The van der Waals surface area contributed by atoms with Gasteiger partial charge < -0.3 is 9.73 Å². The highest BCUT2D eigenvalue weighted by Gasteiger charge is 2.14. The first-order chi connectivity index (χ1) is 14.1. The summed E-state index contributed by atoms with van der Waals surface area (Å²) in [4.78, 5) is 21.7. The molecule has 0 radical (unpaired) electrons. The molecule has 0 atom stereocenters. The molecule has 8 nitrogen and oxygen atoms in total. The number of thiazole rings is 1. The van der Waals surface area contributed by atoms with E-state index in [0.29, 0.717) is 17.3 Å². The molecule has 4 rings (SSSR count). The Balaban J connectivity index is 1.48. The highest BCUT2D eigenvalue weighted by molar-refractivity contribution is 7.18. The fourth-order valence-corrected chi connectivity index (χ4v) is 3.67. The minimum Gasteiger partial charge on any atom is -0.424 e. The van der Waals surface area contributed by atoms with Crippen LogP contribution in [0.3, 0.4) is 0 Å². The summed E-state index contributed by atoms with van der Waals surface area (Å²) in [5.41, 5.74) is 2.61. The number of carbonyl (C=O) groups excluding carboxylic acids is 1. The molecular weight excluding hydrogens is 412 g/mol. The van der Waals surface area contributed by atoms with E-state index in [4.69, 9.17) is 21.3 Å². The average molecular weight is 425 g/mol. The van der Waals surface area contributed by atoms with Crippen molar-refractivity contribution in [3.63, 3.8) is 0 Å². The van der Waals surface area contributed by atoms with Crippen molar-refractivity contribution in [1.82, 2.24) is 25.5 Å². The zero-order valence-electron chi connectivity index (χ0n) is 14.9. The lowest BCUT2D eigenvalue weighted by molar-refractivity contribution is -0.120. The van der Waals surface area contributed by atoms with E-state index >= 15 is 0 Å². The molecule has 10 heteroatoms. The molecular formula is C19H13ClN6O2S. The molecule has 3 heterocycles. The van der Waals surface area contributed by atoms with Gasteiger partial charge in [0.05, 0.1) is 18.2 Å². The summed E-state index contributed by atoms with van der Waals surface area (Å²) in [5, 5.41) is 20.2. The van der Waals surface area contributed by atoms with Crippen LogP contribution in [0.2, 0.25) is 5.02 Å². The number of hydrogen-bond acceptors (Lipinski definition) is 8. The first-order valence-electron chi connectivity index (χ1n) is 8.58. The van der Waals surface area contributed by atoms with E-state index in [1.807, 2.05) is 42.5 Å². The second-order valence-electron chi connectivity index (χ2n) is 6.01. The first kappa shape index (κ1) is 19.0. The minimum absolute atomic E-state index is 0.0590. The minimum atomic E-state index is -0.347. The van der Waals surface area contributed by atoms with Gasteiger partial charge in [-0.15, -0.1) is 10.2 Å². The van der Waals surface area contributed by atoms with Crippen LogP contribution in [0.4, 0.5) is 0 Å². The number of hydrogen-bond donors (Lipinski definition) is 1. The van der Waals surface area contributed by atoms with Gasteiger partial charge in [-0.2, -0.15) is 5.26 Å². The fraction of sp³-hybridized carbons (Fsp3) is 0.158. The topological polar surface area (TPSA) is 118 Å². The van der Waals surface area contributed by atoms with Crippen LogP contribution in [0.25, 0.3) is 21.6 Å². The van der Waals surface area contributed by atoms with Crippen molar-refractivity contribution in [3.8, 4) is 17.3 Å². The van der Waals surface area contributed by atoms with Crippen molar-refractivity contribution in [2.75, 3.05) is 6.54 Å². The number of pyridine rings is 1. The maximum absolute atomic E-state index is 11.6. The van der Waals surface area contributed by atoms with E-state index in [2.05, 4.69) is 25.5 Å². The van der Waals surface area contributed by atoms with Crippen LogP contribution < -0.4 is 5.32 Å². The molecule has 0 spiro atoms. The normalized spacial score (nSPS) is 10.8. The zero-order valence-corrected chi connectivity index (χ0v) is 16.5. The summed E-state index contributed by atoms with van der Waals surface area (Å²) in [5.74, 6) is 0.213. The average Bonchev–Trinajstić information content (AvgIpc) is 3.32. The maximum atomic E-state index is 11.6. The molecule has 1 amide bonds. The molecule has 0 saturated heterocycles. The van der Waals surface area contributed by atoms with E-state index in [1.54, 1.807) is 0 Å². The number of benzene rings is 1. The fourth-order valence-electron chi connectivity index (χ4n) is 2.62. The van der Waals surface area contributed by atoms with Crippen LogP contribution in [0.15, 0.2) is 40.8 Å². The largest absolute Gasteiger partial charge is 0.424 e. The molecule has 0 fully saturated rings. The number of halogens is 1. The highest BCUT2D eigenvalue weighted by Crippen LogP contribution is 2.26. The number of nitriles is 1. The molecule has 0 unspecified atom stereocenters. The molecule has 3 aromatic heterocycles. The number of carbonyl (C=O) groups is 1. The number of nitrogens with one attached hydrogen (secondary N) is 1. The van der Waals surface area contributed by atoms with Gasteiger partial charge in [0.25, 0.3) is 0 Å². The van der Waals surface area contributed by atoms with Crippen LogP contribution in [0.1, 0.15) is 16.8 Å². The van der Waals surface area contributed by atoms with E-state index in [-0.39, 0.29) is 24.8 Å². The summed E-state index contributed by atoms with van der Waals surface area (Å²) in [6.07, 6.45) is 0.282. The van der Waals surface area contributed by atoms with Crippen molar-refractivity contribution in [3.05, 3.63) is 58.2 Å². The van der Waals surface area contributed by atoms with Crippen LogP contribution >= 0.6 is 22.9 Å². The Kier molecular flexibility index (Phi) is 5.46. The molecule has 0 aliphatic rings. The summed E-state index contributed by atoms with van der Waals surface area (Å²) >= 11 is 7.39. The Morgan fingerprint density at radius 2 is 1.93 bits per heavy atom. The van der Waals surface area contributed by atoms with Gasteiger partial charge in [-0.3, -0.25) is 4.79 Å². The van der Waals surface area contributed by atoms with E-state index < -0.39 is 0 Å². The van der Waals surface area contributed by atoms with Crippen molar-refractivity contribution >= 4 is 39.2 Å². The lowest BCUT2D eigenvalue weighted by atomic mass is 10.1. The van der Waals surface area contributed by atoms with Gasteiger partial charge in [0, 0.05) is 10.6 Å². The number of fused-ring (bicyclic) bond motifs is 1. The molecule has 144 valence electrons. The first-order valence-corrected chi connectivity index (χ1v) is 9.77. The van der Waals surface area contributed by atoms with Crippen LogP contribution in [0, 0.1) is 11.3 Å². The van der Waals surface area contributed by atoms with Gasteiger partial charge in [-0.1, -0.05) is 35.1 Å². The lowest BCUT2D eigenvalue weighted by Crippen LogP contribution is -2.25.